The third-order valence-electron chi connectivity index (χ3n) is 5.32. The van der Waals surface area contributed by atoms with Crippen LogP contribution in [0.3, 0.4) is 0 Å². The van der Waals surface area contributed by atoms with E-state index in [4.69, 9.17) is 9.47 Å². The Labute approximate surface area is 167 Å². The highest BCUT2D eigenvalue weighted by Crippen LogP contribution is 2.34. The second kappa shape index (κ2) is 9.95. The van der Waals surface area contributed by atoms with Gasteiger partial charge in [0, 0.05) is 18.5 Å². The molecule has 0 amide bonds. The summed E-state index contributed by atoms with van der Waals surface area (Å²) in [5.74, 6) is 2.26. The summed E-state index contributed by atoms with van der Waals surface area (Å²) >= 11 is 0. The molecule has 1 heterocycles. The van der Waals surface area contributed by atoms with Gasteiger partial charge in [-0.05, 0) is 74.7 Å². The van der Waals surface area contributed by atoms with Gasteiger partial charge in [-0.15, -0.1) is 12.4 Å². The van der Waals surface area contributed by atoms with Crippen LogP contribution in [-0.4, -0.2) is 37.7 Å². The quantitative estimate of drug-likeness (QED) is 0.677. The van der Waals surface area contributed by atoms with Gasteiger partial charge in [0.2, 0.25) is 0 Å². The molecular weight excluding hydrogens is 365 g/mol. The standard InChI is InChI=1S/C22H28FNO2.ClH/c1-16(2)24-13-12-22(17-4-6-19(23)7-5-17)18(14-24)15-26-21-10-8-20(25-3)9-11-21;/h4-11,16,18,22H,12-15H2,1-3H3;1H/t18-,22-;/m1./s1. The van der Waals surface area contributed by atoms with Crippen LogP contribution in [-0.2, 0) is 0 Å². The summed E-state index contributed by atoms with van der Waals surface area (Å²) in [6.45, 7) is 7.19. The lowest BCUT2D eigenvalue weighted by molar-refractivity contribution is 0.0898. The second-order valence-corrected chi connectivity index (χ2v) is 7.28. The van der Waals surface area contributed by atoms with E-state index < -0.39 is 0 Å². The third-order valence-corrected chi connectivity index (χ3v) is 5.32. The number of nitrogens with zero attached hydrogens (tertiary/aromatic N) is 1. The molecule has 0 radical (unpaired) electrons. The molecular formula is C22H29ClFNO2. The molecule has 2 atom stereocenters. The SMILES string of the molecule is COc1ccc(OC[C@H]2CN(C(C)C)CC[C@@H]2c2ccc(F)cc2)cc1.Cl. The minimum Gasteiger partial charge on any atom is -0.497 e. The number of ether oxygens (including phenoxy) is 2. The maximum Gasteiger partial charge on any atom is 0.123 e. The first-order valence-electron chi connectivity index (χ1n) is 9.33. The van der Waals surface area contributed by atoms with E-state index in [2.05, 4.69) is 18.7 Å². The number of hydrogen-bond donors (Lipinski definition) is 0. The van der Waals surface area contributed by atoms with Crippen LogP contribution in [0, 0.1) is 11.7 Å². The van der Waals surface area contributed by atoms with Crippen LogP contribution < -0.4 is 9.47 Å². The summed E-state index contributed by atoms with van der Waals surface area (Å²) in [6, 6.07) is 15.2. The van der Waals surface area contributed by atoms with Gasteiger partial charge in [-0.25, -0.2) is 4.39 Å². The van der Waals surface area contributed by atoms with Crippen molar-refractivity contribution in [1.29, 1.82) is 0 Å². The van der Waals surface area contributed by atoms with Crippen LogP contribution in [0.4, 0.5) is 4.39 Å². The molecule has 5 heteroatoms. The number of likely N-dealkylation sites (tertiary alicyclic amines) is 1. The molecule has 3 rings (SSSR count). The molecule has 0 aromatic heterocycles. The third kappa shape index (κ3) is 5.60. The lowest BCUT2D eigenvalue weighted by atomic mass is 9.80. The van der Waals surface area contributed by atoms with Crippen molar-refractivity contribution in [2.45, 2.75) is 32.2 Å². The van der Waals surface area contributed by atoms with Gasteiger partial charge in [-0.1, -0.05) is 12.1 Å². The molecule has 1 saturated heterocycles. The Morgan fingerprint density at radius 3 is 2.26 bits per heavy atom. The van der Waals surface area contributed by atoms with Gasteiger partial charge < -0.3 is 14.4 Å². The molecule has 1 aliphatic rings. The van der Waals surface area contributed by atoms with Crippen molar-refractivity contribution < 1.29 is 13.9 Å². The van der Waals surface area contributed by atoms with E-state index in [1.165, 1.54) is 5.56 Å². The molecule has 27 heavy (non-hydrogen) atoms. The van der Waals surface area contributed by atoms with Gasteiger partial charge in [0.05, 0.1) is 13.7 Å². The zero-order valence-electron chi connectivity index (χ0n) is 16.2. The van der Waals surface area contributed by atoms with E-state index in [9.17, 15) is 4.39 Å². The Kier molecular flexibility index (Phi) is 7.93. The minimum atomic E-state index is -0.181. The molecule has 0 saturated carbocycles. The molecule has 3 nitrogen and oxygen atoms in total. The Hall–Kier alpha value is -1.78. The van der Waals surface area contributed by atoms with E-state index in [1.807, 2.05) is 36.4 Å². The van der Waals surface area contributed by atoms with E-state index in [0.29, 0.717) is 24.5 Å². The summed E-state index contributed by atoms with van der Waals surface area (Å²) in [6.07, 6.45) is 1.07. The summed E-state index contributed by atoms with van der Waals surface area (Å²) in [5, 5.41) is 0. The number of piperidine rings is 1. The number of halogens is 2. The van der Waals surface area contributed by atoms with E-state index >= 15 is 0 Å². The molecule has 0 aliphatic carbocycles. The Morgan fingerprint density at radius 2 is 1.67 bits per heavy atom. The topological polar surface area (TPSA) is 21.7 Å². The summed E-state index contributed by atoms with van der Waals surface area (Å²) in [5.41, 5.74) is 1.21. The van der Waals surface area contributed by atoms with E-state index in [0.717, 1.165) is 31.0 Å². The van der Waals surface area contributed by atoms with Crippen molar-refractivity contribution >= 4 is 12.4 Å². The van der Waals surface area contributed by atoms with Crippen LogP contribution in [0.5, 0.6) is 11.5 Å². The summed E-state index contributed by atoms with van der Waals surface area (Å²) in [4.78, 5) is 2.50. The largest absolute Gasteiger partial charge is 0.497 e. The van der Waals surface area contributed by atoms with Crippen LogP contribution >= 0.6 is 12.4 Å². The highest BCUT2D eigenvalue weighted by atomic mass is 35.5. The van der Waals surface area contributed by atoms with Gasteiger partial charge in [-0.2, -0.15) is 0 Å². The maximum absolute atomic E-state index is 13.3. The second-order valence-electron chi connectivity index (χ2n) is 7.28. The van der Waals surface area contributed by atoms with E-state index in [1.54, 1.807) is 19.2 Å². The average Bonchev–Trinajstić information content (AvgIpc) is 2.67. The highest BCUT2D eigenvalue weighted by molar-refractivity contribution is 5.85. The minimum absolute atomic E-state index is 0. The van der Waals surface area contributed by atoms with Crippen molar-refractivity contribution in [3.8, 4) is 11.5 Å². The summed E-state index contributed by atoms with van der Waals surface area (Å²) in [7, 11) is 1.66. The molecule has 0 N–H and O–H groups in total. The fraction of sp³-hybridized carbons (Fsp3) is 0.455. The molecule has 148 valence electrons. The molecule has 2 aromatic rings. The smallest absolute Gasteiger partial charge is 0.123 e. The molecule has 1 aliphatic heterocycles. The highest BCUT2D eigenvalue weighted by Gasteiger charge is 2.31. The average molecular weight is 394 g/mol. The first kappa shape index (κ1) is 21.5. The van der Waals surface area contributed by atoms with Crippen LogP contribution in [0.1, 0.15) is 31.7 Å². The molecule has 0 spiro atoms. The molecule has 1 fully saturated rings. The fourth-order valence-corrected chi connectivity index (χ4v) is 3.72. The van der Waals surface area contributed by atoms with Gasteiger partial charge in [0.1, 0.15) is 17.3 Å². The van der Waals surface area contributed by atoms with Gasteiger partial charge in [0.25, 0.3) is 0 Å². The van der Waals surface area contributed by atoms with Crippen molar-refractivity contribution in [2.75, 3.05) is 26.8 Å². The normalized spacial score (nSPS) is 20.2. The Morgan fingerprint density at radius 1 is 1.04 bits per heavy atom. The van der Waals surface area contributed by atoms with Gasteiger partial charge in [-0.3, -0.25) is 0 Å². The Balaban J connectivity index is 0.00000261. The fourth-order valence-electron chi connectivity index (χ4n) is 3.72. The van der Waals surface area contributed by atoms with Crippen LogP contribution in [0.15, 0.2) is 48.5 Å². The van der Waals surface area contributed by atoms with Crippen molar-refractivity contribution in [3.63, 3.8) is 0 Å². The Bertz CT molecular complexity index is 690. The van der Waals surface area contributed by atoms with E-state index in [-0.39, 0.29) is 18.2 Å². The number of methoxy groups -OCH3 is 1. The first-order valence-corrected chi connectivity index (χ1v) is 9.33. The van der Waals surface area contributed by atoms with Gasteiger partial charge in [0.15, 0.2) is 0 Å². The zero-order valence-corrected chi connectivity index (χ0v) is 17.0. The molecule has 2 aromatic carbocycles. The monoisotopic (exact) mass is 393 g/mol. The van der Waals surface area contributed by atoms with Crippen LogP contribution in [0.25, 0.3) is 0 Å². The van der Waals surface area contributed by atoms with Crippen LogP contribution in [0.2, 0.25) is 0 Å². The first-order chi connectivity index (χ1) is 12.6. The number of rotatable bonds is 6. The zero-order chi connectivity index (χ0) is 18.5. The molecule has 0 unspecified atom stereocenters. The van der Waals surface area contributed by atoms with Crippen molar-refractivity contribution in [2.24, 2.45) is 5.92 Å². The lowest BCUT2D eigenvalue weighted by Gasteiger charge is -2.40. The van der Waals surface area contributed by atoms with Crippen molar-refractivity contribution in [3.05, 3.63) is 59.9 Å². The lowest BCUT2D eigenvalue weighted by Crippen LogP contribution is -2.45. The van der Waals surface area contributed by atoms with Gasteiger partial charge >= 0.3 is 0 Å². The predicted octanol–water partition coefficient (Wildman–Crippen LogP) is 5.15. The predicted molar refractivity (Wildman–Crippen MR) is 110 cm³/mol. The van der Waals surface area contributed by atoms with Crippen molar-refractivity contribution in [1.82, 2.24) is 4.90 Å². The number of hydrogen-bond acceptors (Lipinski definition) is 3. The maximum atomic E-state index is 13.3. The number of benzene rings is 2. The summed E-state index contributed by atoms with van der Waals surface area (Å²) < 4.78 is 24.6. The molecule has 0 bridgehead atoms.